The number of amides is 2. The van der Waals surface area contributed by atoms with Crippen LogP contribution in [0.1, 0.15) is 13.8 Å². The van der Waals surface area contributed by atoms with E-state index in [1.807, 2.05) is 0 Å². The zero-order chi connectivity index (χ0) is 14.7. The van der Waals surface area contributed by atoms with Crippen molar-refractivity contribution in [2.45, 2.75) is 13.8 Å². The van der Waals surface area contributed by atoms with Gasteiger partial charge >= 0.3 is 12.2 Å². The first-order valence-electron chi connectivity index (χ1n) is 4.92. The Morgan fingerprint density at radius 1 is 0.947 bits per heavy atom. The predicted molar refractivity (Wildman–Crippen MR) is 79.4 cm³/mol. The second-order valence-corrected chi connectivity index (χ2v) is 5.15. The van der Waals surface area contributed by atoms with Crippen LogP contribution in [0, 0.1) is 0 Å². The molecule has 2 amide bonds. The average molecular weight is 326 g/mol. The van der Waals surface area contributed by atoms with E-state index in [0.29, 0.717) is 9.98 Å². The van der Waals surface area contributed by atoms with Gasteiger partial charge in [-0.25, -0.2) is 20.5 Å². The minimum atomic E-state index is -0.669. The van der Waals surface area contributed by atoms with E-state index in [0.717, 1.165) is 0 Å². The van der Waals surface area contributed by atoms with Crippen molar-refractivity contribution in [1.82, 2.24) is 21.6 Å². The molecule has 19 heavy (non-hydrogen) atoms. The summed E-state index contributed by atoms with van der Waals surface area (Å²) in [6.07, 6.45) is -1.34. The van der Waals surface area contributed by atoms with Gasteiger partial charge in [0, 0.05) is 0 Å². The fourth-order valence-corrected chi connectivity index (χ4v) is 1.20. The normalized spacial score (nSPS) is 8.95. The Balaban J connectivity index is 3.44. The summed E-state index contributed by atoms with van der Waals surface area (Å²) in [5, 5.41) is 4.83. The van der Waals surface area contributed by atoms with Crippen LogP contribution >= 0.6 is 36.2 Å². The third-order valence-electron chi connectivity index (χ3n) is 1.21. The van der Waals surface area contributed by atoms with Gasteiger partial charge in [0.25, 0.3) is 0 Å². The number of thioether (sulfide) groups is 1. The Hall–Kier alpha value is -1.33. The number of nitrogens with one attached hydrogen (secondary N) is 4. The molecule has 0 bridgehead atoms. The highest BCUT2D eigenvalue weighted by Crippen LogP contribution is 1.93. The van der Waals surface area contributed by atoms with E-state index in [2.05, 4.69) is 55.7 Å². The van der Waals surface area contributed by atoms with Gasteiger partial charge < -0.3 is 20.3 Å². The number of rotatable bonds is 4. The fraction of sp³-hybridized carbons (Fsp3) is 0.500. The number of hydrogen-bond acceptors (Lipinski definition) is 7. The molecule has 0 aromatic rings. The van der Waals surface area contributed by atoms with Crippen LogP contribution in [0.5, 0.6) is 0 Å². The summed E-state index contributed by atoms with van der Waals surface area (Å²) in [4.78, 5) is 31.7. The Labute approximate surface area is 125 Å². The summed E-state index contributed by atoms with van der Waals surface area (Å²) in [6, 6.07) is 0. The Morgan fingerprint density at radius 2 is 1.32 bits per heavy atom. The van der Waals surface area contributed by atoms with Crippen LogP contribution in [-0.2, 0) is 9.68 Å². The van der Waals surface area contributed by atoms with Crippen molar-refractivity contribution >= 4 is 58.4 Å². The molecule has 0 rings (SSSR count). The van der Waals surface area contributed by atoms with Gasteiger partial charge in [-0.15, -0.1) is 11.8 Å². The molecule has 0 saturated carbocycles. The van der Waals surface area contributed by atoms with Gasteiger partial charge in [-0.05, 0) is 13.8 Å². The van der Waals surface area contributed by atoms with Gasteiger partial charge in [0.2, 0.25) is 0 Å². The molecular weight excluding hydrogens is 312 g/mol. The SMILES string of the molecule is CC(=S)NOC(=O)NCSCNC(=O)ONC(C)=S. The molecule has 4 N–H and O–H groups in total. The molecule has 0 aliphatic carbocycles. The molecule has 0 spiro atoms. The molecule has 108 valence electrons. The van der Waals surface area contributed by atoms with Gasteiger partial charge in [-0.1, -0.05) is 24.4 Å². The minimum Gasteiger partial charge on any atom is -0.324 e. The van der Waals surface area contributed by atoms with Crippen molar-refractivity contribution in [3.05, 3.63) is 0 Å². The maximum absolute atomic E-state index is 11.0. The van der Waals surface area contributed by atoms with Gasteiger partial charge in [-0.3, -0.25) is 0 Å². The number of hydrogen-bond donors (Lipinski definition) is 4. The summed E-state index contributed by atoms with van der Waals surface area (Å²) in [5.74, 6) is 0.494. The predicted octanol–water partition coefficient (Wildman–Crippen LogP) is 0.791. The molecule has 0 aliphatic rings. The second-order valence-electron chi connectivity index (χ2n) is 2.94. The molecule has 0 aromatic heterocycles. The standard InChI is InChI=1S/C8H14N4O4S3/c1-5(17)11-15-7(13)9-3-19-4-10-8(14)16-12-6(2)18/h3-4H2,1-2H3,(H,9,13)(H,10,14)(H,11,17)(H,12,18). The van der Waals surface area contributed by atoms with Crippen LogP contribution in [0.4, 0.5) is 9.59 Å². The van der Waals surface area contributed by atoms with Crippen molar-refractivity contribution in [3.63, 3.8) is 0 Å². The van der Waals surface area contributed by atoms with Gasteiger partial charge in [0.15, 0.2) is 0 Å². The van der Waals surface area contributed by atoms with Gasteiger partial charge in [-0.2, -0.15) is 0 Å². The Kier molecular flexibility index (Phi) is 9.84. The van der Waals surface area contributed by atoms with Crippen LogP contribution in [0.15, 0.2) is 0 Å². The third kappa shape index (κ3) is 12.9. The monoisotopic (exact) mass is 326 g/mol. The molecular formula is C8H14N4O4S3. The minimum absolute atomic E-state index is 0.247. The molecule has 0 radical (unpaired) electrons. The van der Waals surface area contributed by atoms with Crippen LogP contribution in [0.3, 0.4) is 0 Å². The molecule has 0 atom stereocenters. The summed E-state index contributed by atoms with van der Waals surface area (Å²) in [5.41, 5.74) is 4.46. The smallest absolute Gasteiger partial charge is 0.324 e. The van der Waals surface area contributed by atoms with Crippen molar-refractivity contribution < 1.29 is 19.3 Å². The topological polar surface area (TPSA) is 101 Å². The first-order chi connectivity index (χ1) is 8.91. The van der Waals surface area contributed by atoms with E-state index >= 15 is 0 Å². The third-order valence-corrected chi connectivity index (χ3v) is 2.08. The number of hydroxylamine groups is 2. The van der Waals surface area contributed by atoms with Crippen LogP contribution < -0.4 is 21.6 Å². The Bertz CT molecular complexity index is 321. The summed E-state index contributed by atoms with van der Waals surface area (Å²) >= 11 is 10.5. The molecule has 8 nitrogen and oxygen atoms in total. The van der Waals surface area contributed by atoms with Gasteiger partial charge in [0.1, 0.15) is 9.98 Å². The van der Waals surface area contributed by atoms with Crippen molar-refractivity contribution in [3.8, 4) is 0 Å². The summed E-state index contributed by atoms with van der Waals surface area (Å²) in [7, 11) is 0. The lowest BCUT2D eigenvalue weighted by atomic mass is 10.8. The molecule has 0 heterocycles. The second kappa shape index (κ2) is 10.6. The first kappa shape index (κ1) is 17.7. The molecule has 0 aromatic carbocycles. The lowest BCUT2D eigenvalue weighted by molar-refractivity contribution is 0.122. The highest BCUT2D eigenvalue weighted by molar-refractivity contribution is 7.99. The number of thiocarbonyl (C=S) groups is 2. The van der Waals surface area contributed by atoms with Crippen molar-refractivity contribution in [1.29, 1.82) is 0 Å². The zero-order valence-corrected chi connectivity index (χ0v) is 12.7. The van der Waals surface area contributed by atoms with E-state index in [4.69, 9.17) is 0 Å². The molecule has 0 saturated heterocycles. The molecule has 0 fully saturated rings. The number of carbonyl (C=O) groups excluding carboxylic acids is 2. The van der Waals surface area contributed by atoms with Gasteiger partial charge in [0.05, 0.1) is 11.8 Å². The van der Waals surface area contributed by atoms with Crippen molar-refractivity contribution in [2.75, 3.05) is 11.8 Å². The number of carbonyl (C=O) groups is 2. The zero-order valence-electron chi connectivity index (χ0n) is 10.3. The quantitative estimate of drug-likeness (QED) is 0.258. The van der Waals surface area contributed by atoms with E-state index in [-0.39, 0.29) is 11.8 Å². The maximum Gasteiger partial charge on any atom is 0.432 e. The fourth-order valence-electron chi connectivity index (χ4n) is 0.580. The van der Waals surface area contributed by atoms with Crippen LogP contribution in [-0.4, -0.2) is 33.9 Å². The lowest BCUT2D eigenvalue weighted by Gasteiger charge is -2.08. The highest BCUT2D eigenvalue weighted by atomic mass is 32.2. The van der Waals surface area contributed by atoms with Crippen molar-refractivity contribution in [2.24, 2.45) is 0 Å². The van der Waals surface area contributed by atoms with Crippen LogP contribution in [0.25, 0.3) is 0 Å². The first-order valence-corrected chi connectivity index (χ1v) is 6.89. The summed E-state index contributed by atoms with van der Waals surface area (Å²) in [6.45, 7) is 3.14. The lowest BCUT2D eigenvalue weighted by Crippen LogP contribution is -2.34. The van der Waals surface area contributed by atoms with E-state index in [1.165, 1.54) is 11.8 Å². The van der Waals surface area contributed by atoms with E-state index in [1.54, 1.807) is 13.8 Å². The van der Waals surface area contributed by atoms with Crippen LogP contribution in [0.2, 0.25) is 0 Å². The van der Waals surface area contributed by atoms with E-state index in [9.17, 15) is 9.59 Å². The Morgan fingerprint density at radius 3 is 1.63 bits per heavy atom. The largest absolute Gasteiger partial charge is 0.432 e. The molecule has 0 aliphatic heterocycles. The maximum atomic E-state index is 11.0. The highest BCUT2D eigenvalue weighted by Gasteiger charge is 2.03. The average Bonchev–Trinajstić information content (AvgIpc) is 2.33. The summed E-state index contributed by atoms with van der Waals surface area (Å²) < 4.78 is 0. The molecule has 11 heteroatoms. The molecule has 0 unspecified atom stereocenters. The van der Waals surface area contributed by atoms with E-state index < -0.39 is 12.2 Å².